The molecule has 23 heavy (non-hydrogen) atoms. The average Bonchev–Trinajstić information content (AvgIpc) is 2.55. The minimum atomic E-state index is -1.71. The molecule has 0 unspecified atom stereocenters. The normalized spacial score (nSPS) is 21.4. The van der Waals surface area contributed by atoms with Crippen LogP contribution in [0.5, 0.6) is 0 Å². The third kappa shape index (κ3) is 4.09. The standard InChI is InChI=1S/C19H23NO2Si/c1-23(2,3)22-19-17(15-10-6-4-7-11-15)14-18(20-21-19)16-12-8-5-9-13-16/h4-13,17,19H,14H2,1-3H3/t17-,19-/m0/s1. The molecule has 0 aliphatic carbocycles. The van der Waals surface area contributed by atoms with Gasteiger partial charge in [0, 0.05) is 6.42 Å². The predicted octanol–water partition coefficient (Wildman–Crippen LogP) is 4.77. The molecule has 0 fully saturated rings. The van der Waals surface area contributed by atoms with Gasteiger partial charge in [-0.15, -0.1) is 0 Å². The van der Waals surface area contributed by atoms with Gasteiger partial charge in [-0.05, 0) is 30.8 Å². The van der Waals surface area contributed by atoms with E-state index in [1.165, 1.54) is 5.56 Å². The second-order valence-electron chi connectivity index (χ2n) is 6.83. The fraction of sp³-hybridized carbons (Fsp3) is 0.316. The average molecular weight is 325 g/mol. The van der Waals surface area contributed by atoms with Crippen LogP contribution < -0.4 is 0 Å². The minimum absolute atomic E-state index is 0.163. The first-order valence-corrected chi connectivity index (χ1v) is 11.4. The van der Waals surface area contributed by atoms with Crippen LogP contribution in [0.3, 0.4) is 0 Å². The third-order valence-corrected chi connectivity index (χ3v) is 4.75. The molecule has 0 N–H and O–H groups in total. The van der Waals surface area contributed by atoms with Gasteiger partial charge in [-0.3, -0.25) is 0 Å². The first kappa shape index (κ1) is 16.0. The van der Waals surface area contributed by atoms with Gasteiger partial charge in [0.05, 0.1) is 11.6 Å². The van der Waals surface area contributed by atoms with E-state index in [-0.39, 0.29) is 12.2 Å². The summed E-state index contributed by atoms with van der Waals surface area (Å²) in [4.78, 5) is 5.79. The van der Waals surface area contributed by atoms with E-state index in [1.807, 2.05) is 24.3 Å². The summed E-state index contributed by atoms with van der Waals surface area (Å²) in [7, 11) is -1.71. The van der Waals surface area contributed by atoms with Crippen molar-refractivity contribution in [3.8, 4) is 0 Å². The number of oxime groups is 1. The summed E-state index contributed by atoms with van der Waals surface area (Å²) in [5, 5.41) is 4.35. The topological polar surface area (TPSA) is 30.8 Å². The molecule has 1 aliphatic rings. The van der Waals surface area contributed by atoms with Crippen LogP contribution >= 0.6 is 0 Å². The summed E-state index contributed by atoms with van der Waals surface area (Å²) >= 11 is 0. The van der Waals surface area contributed by atoms with Crippen molar-refractivity contribution < 1.29 is 9.26 Å². The van der Waals surface area contributed by atoms with Gasteiger partial charge < -0.3 is 9.26 Å². The summed E-state index contributed by atoms with van der Waals surface area (Å²) in [5.41, 5.74) is 3.33. The van der Waals surface area contributed by atoms with E-state index in [4.69, 9.17) is 9.26 Å². The lowest BCUT2D eigenvalue weighted by molar-refractivity contribution is -0.107. The lowest BCUT2D eigenvalue weighted by Crippen LogP contribution is -2.39. The minimum Gasteiger partial charge on any atom is -0.382 e. The number of benzene rings is 2. The number of nitrogens with zero attached hydrogens (tertiary/aromatic N) is 1. The first-order valence-electron chi connectivity index (χ1n) is 8.04. The maximum atomic E-state index is 6.24. The van der Waals surface area contributed by atoms with E-state index >= 15 is 0 Å². The van der Waals surface area contributed by atoms with Gasteiger partial charge in [0.2, 0.25) is 6.29 Å². The molecule has 0 amide bonds. The Morgan fingerprint density at radius 2 is 1.57 bits per heavy atom. The molecule has 1 heterocycles. The van der Waals surface area contributed by atoms with E-state index in [0.29, 0.717) is 0 Å². The highest BCUT2D eigenvalue weighted by atomic mass is 28.4. The third-order valence-electron chi connectivity index (χ3n) is 3.81. The lowest BCUT2D eigenvalue weighted by Gasteiger charge is -2.34. The molecule has 1 aliphatic heterocycles. The highest BCUT2D eigenvalue weighted by molar-refractivity contribution is 6.69. The van der Waals surface area contributed by atoms with Crippen molar-refractivity contribution in [3.63, 3.8) is 0 Å². The van der Waals surface area contributed by atoms with Gasteiger partial charge in [0.25, 0.3) is 0 Å². The molecule has 0 saturated heterocycles. The van der Waals surface area contributed by atoms with Crippen molar-refractivity contribution in [2.45, 2.75) is 38.3 Å². The van der Waals surface area contributed by atoms with Crippen molar-refractivity contribution >= 4 is 14.0 Å². The Kier molecular flexibility index (Phi) is 4.64. The second kappa shape index (κ2) is 6.68. The van der Waals surface area contributed by atoms with Crippen LogP contribution in [0.25, 0.3) is 0 Å². The molecular weight excluding hydrogens is 302 g/mol. The summed E-state index contributed by atoms with van der Waals surface area (Å²) in [5.74, 6) is 0.163. The van der Waals surface area contributed by atoms with Crippen LogP contribution in [0, 0.1) is 0 Å². The molecule has 0 bridgehead atoms. The Morgan fingerprint density at radius 3 is 2.17 bits per heavy atom. The fourth-order valence-electron chi connectivity index (χ4n) is 2.76. The smallest absolute Gasteiger partial charge is 0.225 e. The molecule has 0 saturated carbocycles. The highest BCUT2D eigenvalue weighted by Crippen LogP contribution is 2.33. The second-order valence-corrected chi connectivity index (χ2v) is 11.3. The van der Waals surface area contributed by atoms with Gasteiger partial charge in [0.15, 0.2) is 8.32 Å². The van der Waals surface area contributed by atoms with Crippen molar-refractivity contribution in [2.24, 2.45) is 5.16 Å². The monoisotopic (exact) mass is 325 g/mol. The van der Waals surface area contributed by atoms with Gasteiger partial charge >= 0.3 is 0 Å². The van der Waals surface area contributed by atoms with E-state index in [2.05, 4.69) is 61.2 Å². The summed E-state index contributed by atoms with van der Waals surface area (Å²) in [6, 6.07) is 20.7. The van der Waals surface area contributed by atoms with Crippen LogP contribution in [-0.4, -0.2) is 20.3 Å². The first-order chi connectivity index (χ1) is 11.0. The van der Waals surface area contributed by atoms with Gasteiger partial charge in [-0.25, -0.2) is 0 Å². The largest absolute Gasteiger partial charge is 0.382 e. The Bertz CT molecular complexity index is 665. The molecule has 0 radical (unpaired) electrons. The quantitative estimate of drug-likeness (QED) is 0.758. The molecule has 2 atom stereocenters. The van der Waals surface area contributed by atoms with Gasteiger partial charge in [0.1, 0.15) is 0 Å². The van der Waals surface area contributed by atoms with Crippen LogP contribution in [-0.2, 0) is 9.26 Å². The Labute approximate surface area is 139 Å². The highest BCUT2D eigenvalue weighted by Gasteiger charge is 2.35. The molecule has 3 nitrogen and oxygen atoms in total. The fourth-order valence-corrected chi connectivity index (χ4v) is 3.66. The number of hydrogen-bond donors (Lipinski definition) is 0. The van der Waals surface area contributed by atoms with Gasteiger partial charge in [-0.1, -0.05) is 65.8 Å². The molecule has 3 rings (SSSR count). The van der Waals surface area contributed by atoms with Crippen molar-refractivity contribution in [1.29, 1.82) is 0 Å². The molecule has 4 heteroatoms. The number of hydrogen-bond acceptors (Lipinski definition) is 3. The van der Waals surface area contributed by atoms with Crippen molar-refractivity contribution in [1.82, 2.24) is 0 Å². The summed E-state index contributed by atoms with van der Waals surface area (Å²) in [6.07, 6.45) is 0.514. The zero-order valence-electron chi connectivity index (χ0n) is 13.9. The van der Waals surface area contributed by atoms with E-state index < -0.39 is 8.32 Å². The summed E-state index contributed by atoms with van der Waals surface area (Å²) in [6.45, 7) is 6.53. The molecule has 2 aromatic rings. The van der Waals surface area contributed by atoms with Crippen LogP contribution in [0.2, 0.25) is 19.6 Å². The molecular formula is C19H23NO2Si. The van der Waals surface area contributed by atoms with Crippen LogP contribution in [0.1, 0.15) is 23.5 Å². The zero-order valence-corrected chi connectivity index (χ0v) is 14.9. The predicted molar refractivity (Wildman–Crippen MR) is 96.1 cm³/mol. The Balaban J connectivity index is 1.90. The van der Waals surface area contributed by atoms with E-state index in [9.17, 15) is 0 Å². The van der Waals surface area contributed by atoms with E-state index in [0.717, 1.165) is 17.7 Å². The summed E-state index contributed by atoms with van der Waals surface area (Å²) < 4.78 is 6.24. The van der Waals surface area contributed by atoms with Crippen LogP contribution in [0.4, 0.5) is 0 Å². The molecule has 0 spiro atoms. The lowest BCUT2D eigenvalue weighted by atomic mass is 9.90. The van der Waals surface area contributed by atoms with E-state index in [1.54, 1.807) is 0 Å². The number of rotatable bonds is 4. The maximum Gasteiger partial charge on any atom is 0.225 e. The van der Waals surface area contributed by atoms with Crippen molar-refractivity contribution in [2.75, 3.05) is 0 Å². The Morgan fingerprint density at radius 1 is 0.957 bits per heavy atom. The molecule has 0 aromatic heterocycles. The Hall–Kier alpha value is -1.91. The SMILES string of the molecule is C[Si](C)(C)O[C@@H]1ON=C(c2ccccc2)C[C@H]1c1ccccc1. The zero-order chi connectivity index (χ0) is 16.3. The van der Waals surface area contributed by atoms with Gasteiger partial charge in [-0.2, -0.15) is 0 Å². The van der Waals surface area contributed by atoms with Crippen molar-refractivity contribution in [3.05, 3.63) is 71.8 Å². The molecule has 2 aromatic carbocycles. The molecule has 120 valence electrons. The maximum absolute atomic E-state index is 6.24. The van der Waals surface area contributed by atoms with Crippen LogP contribution in [0.15, 0.2) is 65.8 Å².